The van der Waals surface area contributed by atoms with E-state index >= 15 is 0 Å². The second kappa shape index (κ2) is 8.50. The van der Waals surface area contributed by atoms with Crippen molar-refractivity contribution in [2.45, 2.75) is 13.3 Å². The van der Waals surface area contributed by atoms with Gasteiger partial charge in [0.1, 0.15) is 5.69 Å². The van der Waals surface area contributed by atoms with Crippen molar-refractivity contribution in [2.24, 2.45) is 0 Å². The molecule has 2 N–H and O–H groups in total. The number of hydrogen-bond donors (Lipinski definition) is 2. The van der Waals surface area contributed by atoms with Crippen molar-refractivity contribution in [1.29, 1.82) is 0 Å². The molecule has 132 valence electrons. The number of benzene rings is 2. The first-order chi connectivity index (χ1) is 12.6. The fourth-order valence-corrected chi connectivity index (χ4v) is 2.68. The first-order valence-electron chi connectivity index (χ1n) is 8.42. The van der Waals surface area contributed by atoms with E-state index in [1.807, 2.05) is 61.5 Å². The van der Waals surface area contributed by atoms with Crippen molar-refractivity contribution in [1.82, 2.24) is 4.98 Å². The van der Waals surface area contributed by atoms with Gasteiger partial charge >= 0.3 is 0 Å². The minimum Gasteiger partial charge on any atom is -0.383 e. The third-order valence-corrected chi connectivity index (χ3v) is 4.18. The molecule has 0 unspecified atom stereocenters. The summed E-state index contributed by atoms with van der Waals surface area (Å²) < 4.78 is 0. The lowest BCUT2D eigenvalue weighted by Crippen LogP contribution is -2.14. The Labute approximate surface area is 158 Å². The van der Waals surface area contributed by atoms with E-state index in [0.717, 1.165) is 34.9 Å². The molecule has 4 nitrogen and oxygen atoms in total. The maximum Gasteiger partial charge on any atom is 0.274 e. The first-order valence-corrected chi connectivity index (χ1v) is 8.80. The summed E-state index contributed by atoms with van der Waals surface area (Å²) in [6.45, 7) is 2.76. The third kappa shape index (κ3) is 5.07. The quantitative estimate of drug-likeness (QED) is 0.649. The lowest BCUT2D eigenvalue weighted by Gasteiger charge is -2.08. The van der Waals surface area contributed by atoms with Crippen molar-refractivity contribution < 1.29 is 4.79 Å². The second-order valence-electron chi connectivity index (χ2n) is 6.06. The zero-order valence-corrected chi connectivity index (χ0v) is 15.3. The fourth-order valence-electron chi connectivity index (χ4n) is 2.55. The third-order valence-electron chi connectivity index (χ3n) is 3.93. The van der Waals surface area contributed by atoms with Crippen LogP contribution >= 0.6 is 11.6 Å². The van der Waals surface area contributed by atoms with Gasteiger partial charge in [0.25, 0.3) is 5.91 Å². The molecule has 26 heavy (non-hydrogen) atoms. The number of aryl methyl sites for hydroxylation is 1. The number of halogens is 1. The fraction of sp³-hybridized carbons (Fsp3) is 0.143. The molecule has 0 bridgehead atoms. The van der Waals surface area contributed by atoms with Crippen LogP contribution in [0.4, 0.5) is 11.4 Å². The summed E-state index contributed by atoms with van der Waals surface area (Å²) in [7, 11) is 0. The number of carbonyl (C=O) groups is 1. The second-order valence-corrected chi connectivity index (χ2v) is 6.50. The molecule has 0 atom stereocenters. The Bertz CT molecular complexity index is 877. The van der Waals surface area contributed by atoms with Gasteiger partial charge in [0.05, 0.1) is 11.9 Å². The first kappa shape index (κ1) is 18.0. The summed E-state index contributed by atoms with van der Waals surface area (Å²) in [4.78, 5) is 16.5. The van der Waals surface area contributed by atoms with Gasteiger partial charge in [-0.05, 0) is 60.9 Å². The summed E-state index contributed by atoms with van der Waals surface area (Å²) in [6.07, 6.45) is 2.56. The van der Waals surface area contributed by atoms with Crippen molar-refractivity contribution in [3.63, 3.8) is 0 Å². The van der Waals surface area contributed by atoms with Gasteiger partial charge in [-0.15, -0.1) is 0 Å². The number of carbonyl (C=O) groups excluding carboxylic acids is 1. The van der Waals surface area contributed by atoms with E-state index in [1.165, 1.54) is 5.56 Å². The van der Waals surface area contributed by atoms with Crippen LogP contribution in [0.25, 0.3) is 0 Å². The van der Waals surface area contributed by atoms with E-state index < -0.39 is 0 Å². The van der Waals surface area contributed by atoms with Crippen LogP contribution in [-0.2, 0) is 6.42 Å². The van der Waals surface area contributed by atoms with E-state index in [4.69, 9.17) is 11.6 Å². The monoisotopic (exact) mass is 365 g/mol. The average molecular weight is 366 g/mol. The number of rotatable bonds is 6. The van der Waals surface area contributed by atoms with Gasteiger partial charge < -0.3 is 10.6 Å². The number of pyridine rings is 1. The number of nitrogens with zero attached hydrogens (tertiary/aromatic N) is 1. The van der Waals surface area contributed by atoms with Gasteiger partial charge in [-0.1, -0.05) is 35.9 Å². The van der Waals surface area contributed by atoms with Crippen molar-refractivity contribution >= 4 is 28.9 Å². The van der Waals surface area contributed by atoms with E-state index in [1.54, 1.807) is 12.3 Å². The van der Waals surface area contributed by atoms with Gasteiger partial charge in [-0.3, -0.25) is 4.79 Å². The Kier molecular flexibility index (Phi) is 5.87. The number of anilines is 2. The maximum absolute atomic E-state index is 12.3. The van der Waals surface area contributed by atoms with Crippen molar-refractivity contribution in [2.75, 3.05) is 17.2 Å². The molecule has 0 spiro atoms. The molecule has 1 amide bonds. The molecule has 0 saturated carbocycles. The van der Waals surface area contributed by atoms with Gasteiger partial charge in [0, 0.05) is 17.3 Å². The molecule has 1 aromatic heterocycles. The van der Waals surface area contributed by atoms with Crippen LogP contribution < -0.4 is 10.6 Å². The molecular weight excluding hydrogens is 346 g/mol. The molecule has 0 fully saturated rings. The van der Waals surface area contributed by atoms with Gasteiger partial charge in [-0.2, -0.15) is 0 Å². The zero-order valence-electron chi connectivity index (χ0n) is 14.5. The molecule has 3 rings (SSSR count). The van der Waals surface area contributed by atoms with Crippen molar-refractivity contribution in [3.05, 3.63) is 88.7 Å². The molecular formula is C21H20ClN3O. The van der Waals surface area contributed by atoms with E-state index in [9.17, 15) is 4.79 Å². The standard InChI is InChI=1S/C21H20ClN3O/c1-15-3-2-4-18(13-15)25-21(26)20-10-9-19(14-24-20)23-12-11-16-5-7-17(22)8-6-16/h2-10,13-14,23H,11-12H2,1H3,(H,25,26). The Morgan fingerprint density at radius 1 is 1.04 bits per heavy atom. The lowest BCUT2D eigenvalue weighted by molar-refractivity contribution is 0.102. The van der Waals surface area contributed by atoms with Crippen LogP contribution in [0.1, 0.15) is 21.6 Å². The SMILES string of the molecule is Cc1cccc(NC(=O)c2ccc(NCCc3ccc(Cl)cc3)cn2)c1. The molecule has 1 heterocycles. The minimum absolute atomic E-state index is 0.219. The zero-order chi connectivity index (χ0) is 18.4. The number of hydrogen-bond acceptors (Lipinski definition) is 3. The molecule has 0 aliphatic rings. The van der Waals surface area contributed by atoms with Crippen LogP contribution in [0.2, 0.25) is 5.02 Å². The summed E-state index contributed by atoms with van der Waals surface area (Å²) in [6, 6.07) is 19.1. The predicted molar refractivity (Wildman–Crippen MR) is 107 cm³/mol. The van der Waals surface area contributed by atoms with Crippen LogP contribution in [0.3, 0.4) is 0 Å². The lowest BCUT2D eigenvalue weighted by atomic mass is 10.1. The van der Waals surface area contributed by atoms with E-state index in [-0.39, 0.29) is 5.91 Å². The Hall–Kier alpha value is -2.85. The Morgan fingerprint density at radius 2 is 1.85 bits per heavy atom. The minimum atomic E-state index is -0.219. The van der Waals surface area contributed by atoms with Crippen molar-refractivity contribution in [3.8, 4) is 0 Å². The molecule has 0 radical (unpaired) electrons. The van der Waals surface area contributed by atoms with Gasteiger partial charge in [0.2, 0.25) is 0 Å². The highest BCUT2D eigenvalue weighted by molar-refractivity contribution is 6.30. The van der Waals surface area contributed by atoms with Crippen LogP contribution in [0.5, 0.6) is 0 Å². The predicted octanol–water partition coefficient (Wildman–Crippen LogP) is 4.95. The van der Waals surface area contributed by atoms with Crippen LogP contribution in [0.15, 0.2) is 66.9 Å². The summed E-state index contributed by atoms with van der Waals surface area (Å²) >= 11 is 5.88. The summed E-state index contributed by atoms with van der Waals surface area (Å²) in [5, 5.41) is 6.90. The Balaban J connectivity index is 1.52. The molecule has 0 saturated heterocycles. The normalized spacial score (nSPS) is 10.4. The average Bonchev–Trinajstić information content (AvgIpc) is 2.64. The van der Waals surface area contributed by atoms with Gasteiger partial charge in [0.15, 0.2) is 0 Å². The molecule has 0 aliphatic carbocycles. The molecule has 3 aromatic rings. The maximum atomic E-state index is 12.3. The van der Waals surface area contributed by atoms with E-state index in [2.05, 4.69) is 15.6 Å². The highest BCUT2D eigenvalue weighted by atomic mass is 35.5. The largest absolute Gasteiger partial charge is 0.383 e. The topological polar surface area (TPSA) is 54.0 Å². The summed E-state index contributed by atoms with van der Waals surface area (Å²) in [5.41, 5.74) is 4.34. The Morgan fingerprint density at radius 3 is 2.54 bits per heavy atom. The van der Waals surface area contributed by atoms with Crippen LogP contribution in [0, 0.1) is 6.92 Å². The molecule has 5 heteroatoms. The van der Waals surface area contributed by atoms with Crippen LogP contribution in [-0.4, -0.2) is 17.4 Å². The number of nitrogens with one attached hydrogen (secondary N) is 2. The van der Waals surface area contributed by atoms with Gasteiger partial charge in [-0.25, -0.2) is 4.98 Å². The number of amides is 1. The smallest absolute Gasteiger partial charge is 0.274 e. The highest BCUT2D eigenvalue weighted by Crippen LogP contribution is 2.13. The van der Waals surface area contributed by atoms with E-state index in [0.29, 0.717) is 5.69 Å². The number of aromatic nitrogens is 1. The highest BCUT2D eigenvalue weighted by Gasteiger charge is 2.07. The molecule has 0 aliphatic heterocycles. The molecule has 2 aromatic carbocycles. The summed E-state index contributed by atoms with van der Waals surface area (Å²) in [5.74, 6) is -0.219.